The summed E-state index contributed by atoms with van der Waals surface area (Å²) in [5.74, 6) is 1.80. The molecule has 0 spiro atoms. The summed E-state index contributed by atoms with van der Waals surface area (Å²) in [4.78, 5) is 25.8. The molecule has 4 aromatic rings. The highest BCUT2D eigenvalue weighted by atomic mass is 16.5. The first-order chi connectivity index (χ1) is 20.8. The molecular formula is C33H34N2O8. The maximum Gasteiger partial charge on any atom is 0.255 e. The van der Waals surface area contributed by atoms with Crippen molar-refractivity contribution in [2.45, 2.75) is 6.42 Å². The highest BCUT2D eigenvalue weighted by Crippen LogP contribution is 2.39. The summed E-state index contributed by atoms with van der Waals surface area (Å²) in [7, 11) is 9.01. The lowest BCUT2D eigenvalue weighted by molar-refractivity contribution is 0.101. The van der Waals surface area contributed by atoms with Gasteiger partial charge in [-0.25, -0.2) is 0 Å². The number of rotatable bonds is 12. The lowest BCUT2D eigenvalue weighted by Crippen LogP contribution is -2.13. The van der Waals surface area contributed by atoms with Gasteiger partial charge in [0.2, 0.25) is 11.5 Å². The van der Waals surface area contributed by atoms with E-state index >= 15 is 0 Å². The first-order valence-electron chi connectivity index (χ1n) is 13.2. The van der Waals surface area contributed by atoms with Gasteiger partial charge in [-0.2, -0.15) is 0 Å². The third kappa shape index (κ3) is 7.10. The Morgan fingerprint density at radius 3 is 1.05 bits per heavy atom. The number of hydrogen-bond acceptors (Lipinski definition) is 8. The molecule has 43 heavy (non-hydrogen) atoms. The van der Waals surface area contributed by atoms with Crippen molar-refractivity contribution in [1.82, 2.24) is 0 Å². The van der Waals surface area contributed by atoms with Crippen LogP contribution in [0.15, 0.2) is 72.8 Å². The lowest BCUT2D eigenvalue weighted by atomic mass is 10.0. The van der Waals surface area contributed by atoms with Crippen molar-refractivity contribution in [3.05, 3.63) is 95.1 Å². The summed E-state index contributed by atoms with van der Waals surface area (Å²) in [6.07, 6.45) is 0.669. The number of ether oxygens (including phenoxy) is 6. The standard InChI is InChI=1S/C33H34N2O8/c1-38-26-16-22(17-27(39-2)30(26)42-5)32(36)34-24-11-7-20(8-12-24)15-21-9-13-25(14-10-21)35-33(37)23-18-28(40-3)31(43-6)29(19-23)41-4/h7-14,16-19H,15H2,1-6H3,(H,34,36)(H,35,37). The molecule has 10 heteroatoms. The zero-order valence-corrected chi connectivity index (χ0v) is 24.9. The van der Waals surface area contributed by atoms with Gasteiger partial charge in [-0.15, -0.1) is 0 Å². The number of benzene rings is 4. The Morgan fingerprint density at radius 1 is 0.488 bits per heavy atom. The van der Waals surface area contributed by atoms with Gasteiger partial charge in [0.1, 0.15) is 0 Å². The molecule has 0 heterocycles. The maximum absolute atomic E-state index is 12.9. The van der Waals surface area contributed by atoms with Crippen LogP contribution >= 0.6 is 0 Å². The molecule has 0 atom stereocenters. The summed E-state index contributed by atoms with van der Waals surface area (Å²) in [6, 6.07) is 21.6. The number of nitrogens with one attached hydrogen (secondary N) is 2. The highest BCUT2D eigenvalue weighted by molar-refractivity contribution is 6.05. The van der Waals surface area contributed by atoms with Crippen molar-refractivity contribution in [3.63, 3.8) is 0 Å². The predicted octanol–water partition coefficient (Wildman–Crippen LogP) is 5.83. The van der Waals surface area contributed by atoms with Gasteiger partial charge in [-0.1, -0.05) is 24.3 Å². The van der Waals surface area contributed by atoms with Crippen LogP contribution < -0.4 is 39.1 Å². The third-order valence-corrected chi connectivity index (χ3v) is 6.69. The molecule has 0 radical (unpaired) electrons. The molecule has 4 rings (SSSR count). The molecule has 2 amide bonds. The van der Waals surface area contributed by atoms with E-state index in [1.165, 1.54) is 42.7 Å². The van der Waals surface area contributed by atoms with Crippen molar-refractivity contribution in [3.8, 4) is 34.5 Å². The first kappa shape index (κ1) is 30.6. The quantitative estimate of drug-likeness (QED) is 0.213. The molecule has 0 saturated heterocycles. The molecule has 10 nitrogen and oxygen atoms in total. The van der Waals surface area contributed by atoms with Crippen LogP contribution in [0.1, 0.15) is 31.8 Å². The minimum Gasteiger partial charge on any atom is -0.493 e. The second-order valence-corrected chi connectivity index (χ2v) is 9.31. The summed E-state index contributed by atoms with van der Waals surface area (Å²) in [5.41, 5.74) is 4.15. The van der Waals surface area contributed by atoms with Gasteiger partial charge in [0.05, 0.1) is 42.7 Å². The number of anilines is 2. The van der Waals surface area contributed by atoms with Crippen LogP contribution in [0.2, 0.25) is 0 Å². The average molecular weight is 587 g/mol. The van der Waals surface area contributed by atoms with Gasteiger partial charge in [0.25, 0.3) is 11.8 Å². The van der Waals surface area contributed by atoms with Crippen molar-refractivity contribution in [2.75, 3.05) is 53.3 Å². The van der Waals surface area contributed by atoms with Gasteiger partial charge in [-0.05, 0) is 66.1 Å². The Bertz CT molecular complexity index is 1420. The summed E-state index contributed by atoms with van der Waals surface area (Å²) in [6.45, 7) is 0. The van der Waals surface area contributed by atoms with E-state index in [0.717, 1.165) is 11.1 Å². The number of carbonyl (C=O) groups is 2. The largest absolute Gasteiger partial charge is 0.493 e. The molecule has 0 saturated carbocycles. The fraction of sp³-hybridized carbons (Fsp3) is 0.212. The zero-order valence-electron chi connectivity index (χ0n) is 24.9. The van der Waals surface area contributed by atoms with Crippen LogP contribution in [0.4, 0.5) is 11.4 Å². The maximum atomic E-state index is 12.9. The Balaban J connectivity index is 1.38. The van der Waals surface area contributed by atoms with Crippen LogP contribution in [-0.2, 0) is 6.42 Å². The van der Waals surface area contributed by atoms with E-state index in [-0.39, 0.29) is 11.8 Å². The number of amides is 2. The molecule has 0 fully saturated rings. The molecule has 0 unspecified atom stereocenters. The van der Waals surface area contributed by atoms with Gasteiger partial charge in [-0.3, -0.25) is 9.59 Å². The monoisotopic (exact) mass is 586 g/mol. The Hall–Kier alpha value is -5.38. The van der Waals surface area contributed by atoms with E-state index in [9.17, 15) is 9.59 Å². The summed E-state index contributed by atoms with van der Waals surface area (Å²) >= 11 is 0. The average Bonchev–Trinajstić information content (AvgIpc) is 3.04. The predicted molar refractivity (Wildman–Crippen MR) is 164 cm³/mol. The van der Waals surface area contributed by atoms with Crippen molar-refractivity contribution >= 4 is 23.2 Å². The van der Waals surface area contributed by atoms with Crippen LogP contribution in [0, 0.1) is 0 Å². The van der Waals surface area contributed by atoms with E-state index in [2.05, 4.69) is 10.6 Å². The number of carbonyl (C=O) groups excluding carboxylic acids is 2. The van der Waals surface area contributed by atoms with Crippen LogP contribution in [-0.4, -0.2) is 54.5 Å². The molecule has 4 aromatic carbocycles. The second-order valence-electron chi connectivity index (χ2n) is 9.31. The summed E-state index contributed by atoms with van der Waals surface area (Å²) < 4.78 is 32.0. The summed E-state index contributed by atoms with van der Waals surface area (Å²) in [5, 5.41) is 5.79. The second kappa shape index (κ2) is 14.0. The molecular weight excluding hydrogens is 552 g/mol. The van der Waals surface area contributed by atoms with E-state index in [0.29, 0.717) is 63.4 Å². The fourth-order valence-corrected chi connectivity index (χ4v) is 4.48. The van der Waals surface area contributed by atoms with Gasteiger partial charge in [0.15, 0.2) is 23.0 Å². The molecule has 2 N–H and O–H groups in total. The normalized spacial score (nSPS) is 10.4. The SMILES string of the molecule is COc1cc(C(=O)Nc2ccc(Cc3ccc(NC(=O)c4cc(OC)c(OC)c(OC)c4)cc3)cc2)cc(OC)c1OC. The van der Waals surface area contributed by atoms with E-state index in [1.807, 2.05) is 48.5 Å². The molecule has 0 bridgehead atoms. The Labute approximate surface area is 250 Å². The van der Waals surface area contributed by atoms with Gasteiger partial charge < -0.3 is 39.1 Å². The van der Waals surface area contributed by atoms with Crippen molar-refractivity contribution < 1.29 is 38.0 Å². The highest BCUT2D eigenvalue weighted by Gasteiger charge is 2.18. The molecule has 0 aromatic heterocycles. The van der Waals surface area contributed by atoms with E-state index in [4.69, 9.17) is 28.4 Å². The number of methoxy groups -OCH3 is 6. The first-order valence-corrected chi connectivity index (χ1v) is 13.2. The molecule has 224 valence electrons. The van der Waals surface area contributed by atoms with Gasteiger partial charge >= 0.3 is 0 Å². The van der Waals surface area contributed by atoms with Crippen molar-refractivity contribution in [2.24, 2.45) is 0 Å². The van der Waals surface area contributed by atoms with Crippen molar-refractivity contribution in [1.29, 1.82) is 0 Å². The van der Waals surface area contributed by atoms with E-state index in [1.54, 1.807) is 24.3 Å². The minimum absolute atomic E-state index is 0.309. The molecule has 0 aliphatic rings. The van der Waals surface area contributed by atoms with Crippen LogP contribution in [0.5, 0.6) is 34.5 Å². The topological polar surface area (TPSA) is 114 Å². The fourth-order valence-electron chi connectivity index (χ4n) is 4.48. The Morgan fingerprint density at radius 2 is 0.791 bits per heavy atom. The van der Waals surface area contributed by atoms with Crippen LogP contribution in [0.3, 0.4) is 0 Å². The number of hydrogen-bond donors (Lipinski definition) is 2. The molecule has 0 aliphatic carbocycles. The van der Waals surface area contributed by atoms with E-state index < -0.39 is 0 Å². The minimum atomic E-state index is -0.309. The zero-order chi connectivity index (χ0) is 30.9. The third-order valence-electron chi connectivity index (χ3n) is 6.69. The molecule has 0 aliphatic heterocycles. The van der Waals surface area contributed by atoms with Crippen LogP contribution in [0.25, 0.3) is 0 Å². The van der Waals surface area contributed by atoms with Gasteiger partial charge in [0, 0.05) is 22.5 Å². The smallest absolute Gasteiger partial charge is 0.255 e. The lowest BCUT2D eigenvalue weighted by Gasteiger charge is -2.14. The Kier molecular flexibility index (Phi) is 9.95.